The first-order valence-electron chi connectivity index (χ1n) is 10.8. The summed E-state index contributed by atoms with van der Waals surface area (Å²) in [6.45, 7) is 6.51. The number of piperazine rings is 1. The highest BCUT2D eigenvalue weighted by molar-refractivity contribution is 14.0. The summed E-state index contributed by atoms with van der Waals surface area (Å²) < 4.78 is 26.4. The topological polar surface area (TPSA) is 77.0 Å². The van der Waals surface area contributed by atoms with E-state index in [0.717, 1.165) is 44.1 Å². The smallest absolute Gasteiger partial charge is 0.240 e. The minimum Gasteiger partial charge on any atom is -0.352 e. The second kappa shape index (κ2) is 12.5. The van der Waals surface area contributed by atoms with Crippen molar-refractivity contribution in [3.8, 4) is 0 Å². The van der Waals surface area contributed by atoms with Gasteiger partial charge < -0.3 is 10.2 Å². The molecule has 32 heavy (non-hydrogen) atoms. The van der Waals surface area contributed by atoms with E-state index in [1.54, 1.807) is 25.2 Å². The van der Waals surface area contributed by atoms with Crippen molar-refractivity contribution in [1.29, 1.82) is 0 Å². The zero-order chi connectivity index (χ0) is 22.3. The molecule has 1 unspecified atom stereocenters. The van der Waals surface area contributed by atoms with Crippen LogP contribution in [0.25, 0.3) is 0 Å². The minimum absolute atomic E-state index is 0. The number of guanidine groups is 1. The van der Waals surface area contributed by atoms with E-state index in [9.17, 15) is 8.42 Å². The van der Waals surface area contributed by atoms with Gasteiger partial charge in [-0.2, -0.15) is 0 Å². The number of nitrogens with one attached hydrogen (secondary N) is 2. The van der Waals surface area contributed by atoms with Crippen LogP contribution in [0.1, 0.15) is 30.5 Å². The molecule has 2 aromatic carbocycles. The Kier molecular flexibility index (Phi) is 10.4. The summed E-state index contributed by atoms with van der Waals surface area (Å²) in [6.07, 6.45) is 1.09. The van der Waals surface area contributed by atoms with Gasteiger partial charge in [0.1, 0.15) is 0 Å². The minimum atomic E-state index is -3.45. The Bertz CT molecular complexity index is 977. The van der Waals surface area contributed by atoms with Crippen LogP contribution in [-0.4, -0.2) is 64.5 Å². The maximum Gasteiger partial charge on any atom is 0.240 e. The predicted molar refractivity (Wildman–Crippen MR) is 141 cm³/mol. The van der Waals surface area contributed by atoms with Gasteiger partial charge in [0.25, 0.3) is 0 Å². The van der Waals surface area contributed by atoms with Gasteiger partial charge in [0, 0.05) is 45.8 Å². The molecule has 7 nitrogen and oxygen atoms in total. The fourth-order valence-corrected chi connectivity index (χ4v) is 4.88. The van der Waals surface area contributed by atoms with Crippen molar-refractivity contribution in [2.24, 2.45) is 4.99 Å². The van der Waals surface area contributed by atoms with Crippen LogP contribution < -0.4 is 10.0 Å². The normalized spacial score (nSPS) is 16.3. The molecule has 1 heterocycles. The molecule has 0 saturated carbocycles. The van der Waals surface area contributed by atoms with Gasteiger partial charge in [0.15, 0.2) is 5.96 Å². The average Bonchev–Trinajstić information content (AvgIpc) is 2.82. The molecule has 0 aromatic heterocycles. The summed E-state index contributed by atoms with van der Waals surface area (Å²) in [6, 6.07) is 18.1. The van der Waals surface area contributed by atoms with E-state index < -0.39 is 10.0 Å². The Morgan fingerprint density at radius 3 is 2.34 bits per heavy atom. The van der Waals surface area contributed by atoms with Crippen LogP contribution in [0.5, 0.6) is 0 Å². The third kappa shape index (κ3) is 6.66. The number of hydrogen-bond acceptors (Lipinski definition) is 4. The SMILES string of the molecule is CCC(c1ccccc1)N1CCN(C(=NC)NCc2cccc(S(=O)(=O)NC)c2)CC1.I. The molecule has 176 valence electrons. The highest BCUT2D eigenvalue weighted by Crippen LogP contribution is 2.25. The third-order valence-electron chi connectivity index (χ3n) is 5.77. The van der Waals surface area contributed by atoms with Crippen LogP contribution in [0.2, 0.25) is 0 Å². The number of aliphatic imine (C=N–C) groups is 1. The molecule has 2 N–H and O–H groups in total. The lowest BCUT2D eigenvalue weighted by atomic mass is 10.0. The Morgan fingerprint density at radius 2 is 1.75 bits per heavy atom. The molecule has 0 radical (unpaired) electrons. The van der Waals surface area contributed by atoms with E-state index in [0.29, 0.717) is 12.6 Å². The van der Waals surface area contributed by atoms with Gasteiger partial charge in [0.05, 0.1) is 4.90 Å². The zero-order valence-corrected chi connectivity index (χ0v) is 22.1. The highest BCUT2D eigenvalue weighted by atomic mass is 127. The van der Waals surface area contributed by atoms with Gasteiger partial charge in [0.2, 0.25) is 10.0 Å². The van der Waals surface area contributed by atoms with Crippen molar-refractivity contribution >= 4 is 40.0 Å². The highest BCUT2D eigenvalue weighted by Gasteiger charge is 2.25. The summed E-state index contributed by atoms with van der Waals surface area (Å²) in [5, 5.41) is 3.38. The third-order valence-corrected chi connectivity index (χ3v) is 7.18. The number of hydrogen-bond donors (Lipinski definition) is 2. The number of sulfonamides is 1. The van der Waals surface area contributed by atoms with Crippen molar-refractivity contribution < 1.29 is 8.42 Å². The molecule has 3 rings (SSSR count). The lowest BCUT2D eigenvalue weighted by Gasteiger charge is -2.40. The molecule has 0 aliphatic carbocycles. The molecule has 1 aliphatic heterocycles. The van der Waals surface area contributed by atoms with Crippen molar-refractivity contribution in [2.45, 2.75) is 30.8 Å². The Balaban J connectivity index is 0.00000363. The maximum atomic E-state index is 12.0. The Morgan fingerprint density at radius 1 is 1.06 bits per heavy atom. The second-order valence-corrected chi connectivity index (χ2v) is 9.50. The van der Waals surface area contributed by atoms with E-state index in [4.69, 9.17) is 0 Å². The Hall–Kier alpha value is -1.69. The molecule has 1 fully saturated rings. The number of rotatable bonds is 7. The van der Waals surface area contributed by atoms with Gasteiger partial charge in [-0.25, -0.2) is 13.1 Å². The van der Waals surface area contributed by atoms with E-state index in [-0.39, 0.29) is 28.9 Å². The van der Waals surface area contributed by atoms with Crippen LogP contribution in [0, 0.1) is 0 Å². The molecule has 0 amide bonds. The number of nitrogens with zero attached hydrogens (tertiary/aromatic N) is 3. The van der Waals surface area contributed by atoms with Gasteiger partial charge in [-0.1, -0.05) is 49.4 Å². The van der Waals surface area contributed by atoms with E-state index in [1.165, 1.54) is 12.6 Å². The lowest BCUT2D eigenvalue weighted by Crippen LogP contribution is -2.52. The molecule has 1 aliphatic rings. The molecule has 0 spiro atoms. The van der Waals surface area contributed by atoms with E-state index >= 15 is 0 Å². The number of halogens is 1. The summed E-state index contributed by atoms with van der Waals surface area (Å²) in [5.41, 5.74) is 2.27. The van der Waals surface area contributed by atoms with Crippen LogP contribution >= 0.6 is 24.0 Å². The van der Waals surface area contributed by atoms with Gasteiger partial charge in [-0.05, 0) is 36.7 Å². The molecule has 9 heteroatoms. The maximum absolute atomic E-state index is 12.0. The molecular weight excluding hydrogens is 537 g/mol. The second-order valence-electron chi connectivity index (χ2n) is 7.61. The zero-order valence-electron chi connectivity index (χ0n) is 19.0. The molecule has 1 saturated heterocycles. The Labute approximate surface area is 209 Å². The molecule has 0 bridgehead atoms. The fourth-order valence-electron chi connectivity index (χ4n) is 4.08. The predicted octanol–water partition coefficient (Wildman–Crippen LogP) is 3.06. The monoisotopic (exact) mass is 571 g/mol. The standard InChI is InChI=1S/C23H33N5O2S.HI/c1-4-22(20-10-6-5-7-11-20)27-13-15-28(16-14-27)23(24-2)26-18-19-9-8-12-21(17-19)31(29,30)25-3;/h5-12,17,22,25H,4,13-16,18H2,1-3H3,(H,24,26);1H. The summed E-state index contributed by atoms with van der Waals surface area (Å²) in [5.74, 6) is 0.842. The van der Waals surface area contributed by atoms with Crippen LogP contribution in [0.3, 0.4) is 0 Å². The van der Waals surface area contributed by atoms with E-state index in [1.807, 2.05) is 6.07 Å². The van der Waals surface area contributed by atoms with Crippen molar-refractivity contribution in [3.63, 3.8) is 0 Å². The van der Waals surface area contributed by atoms with Crippen molar-refractivity contribution in [1.82, 2.24) is 19.8 Å². The largest absolute Gasteiger partial charge is 0.352 e. The van der Waals surface area contributed by atoms with Crippen LogP contribution in [0.15, 0.2) is 64.5 Å². The average molecular weight is 572 g/mol. The summed E-state index contributed by atoms with van der Waals surface area (Å²) in [4.78, 5) is 9.53. The first kappa shape index (κ1) is 26.6. The first-order chi connectivity index (χ1) is 15.0. The van der Waals surface area contributed by atoms with Crippen LogP contribution in [0.4, 0.5) is 0 Å². The number of benzene rings is 2. The molecule has 2 aromatic rings. The van der Waals surface area contributed by atoms with Gasteiger partial charge >= 0.3 is 0 Å². The van der Waals surface area contributed by atoms with Crippen molar-refractivity contribution in [2.75, 3.05) is 40.3 Å². The summed E-state index contributed by atoms with van der Waals surface area (Å²) >= 11 is 0. The van der Waals surface area contributed by atoms with E-state index in [2.05, 4.69) is 62.1 Å². The quantitative estimate of drug-likeness (QED) is 0.304. The summed E-state index contributed by atoms with van der Waals surface area (Å²) in [7, 11) is -0.243. The lowest BCUT2D eigenvalue weighted by molar-refractivity contribution is 0.127. The molecular formula is C23H34IN5O2S. The van der Waals surface area contributed by atoms with Gasteiger partial charge in [-0.3, -0.25) is 9.89 Å². The molecule has 1 atom stereocenters. The van der Waals surface area contributed by atoms with Crippen molar-refractivity contribution in [3.05, 3.63) is 65.7 Å². The van der Waals surface area contributed by atoms with Crippen LogP contribution in [-0.2, 0) is 16.6 Å². The fraction of sp³-hybridized carbons (Fsp3) is 0.435. The first-order valence-corrected chi connectivity index (χ1v) is 12.2. The van der Waals surface area contributed by atoms with Gasteiger partial charge in [-0.15, -0.1) is 24.0 Å².